The lowest BCUT2D eigenvalue weighted by Crippen LogP contribution is -1.87. The van der Waals surface area contributed by atoms with E-state index in [1.807, 2.05) is 0 Å². The van der Waals surface area contributed by atoms with Crippen molar-refractivity contribution in [1.29, 1.82) is 0 Å². The van der Waals surface area contributed by atoms with Crippen molar-refractivity contribution in [3.05, 3.63) is 50.3 Å². The molecule has 0 amide bonds. The van der Waals surface area contributed by atoms with Crippen LogP contribution in [0.25, 0.3) is 0 Å². The molecule has 0 saturated heterocycles. The van der Waals surface area contributed by atoms with Gasteiger partial charge in [-0.1, -0.05) is 35.5 Å². The molecule has 98 valence electrons. The van der Waals surface area contributed by atoms with Crippen LogP contribution in [0.15, 0.2) is 39.4 Å². The summed E-state index contributed by atoms with van der Waals surface area (Å²) in [5.74, 6) is -0.181. The van der Waals surface area contributed by atoms with Gasteiger partial charge in [0.05, 0.1) is 14.8 Å². The summed E-state index contributed by atoms with van der Waals surface area (Å²) in [5, 5.41) is 11.5. The van der Waals surface area contributed by atoms with Gasteiger partial charge in [0.2, 0.25) is 0 Å². The van der Waals surface area contributed by atoms with Crippen LogP contribution in [0.3, 0.4) is 0 Å². The van der Waals surface area contributed by atoms with Crippen LogP contribution in [-0.4, -0.2) is 10.7 Å². The summed E-state index contributed by atoms with van der Waals surface area (Å²) < 4.78 is 0.461. The third-order valence-electron chi connectivity index (χ3n) is 2.26. The topological polar surface area (TPSA) is 60.2 Å². The summed E-state index contributed by atoms with van der Waals surface area (Å²) in [6, 6.07) is 8.40. The quantitative estimate of drug-likeness (QED) is 0.468. The number of carbonyl (C=O) groups excluding carboxylic acids is 1. The maximum atomic E-state index is 11.3. The molecule has 19 heavy (non-hydrogen) atoms. The van der Waals surface area contributed by atoms with Crippen molar-refractivity contribution in [2.24, 2.45) is 0 Å². The lowest BCUT2D eigenvalue weighted by atomic mass is 10.3. The summed E-state index contributed by atoms with van der Waals surface area (Å²) in [4.78, 5) is 22.9. The van der Waals surface area contributed by atoms with Crippen molar-refractivity contribution in [3.63, 3.8) is 0 Å². The van der Waals surface area contributed by atoms with E-state index < -0.39 is 4.92 Å². The van der Waals surface area contributed by atoms with Gasteiger partial charge in [0.15, 0.2) is 5.78 Å². The van der Waals surface area contributed by atoms with Gasteiger partial charge in [-0.05, 0) is 19.1 Å². The maximum absolute atomic E-state index is 11.3. The van der Waals surface area contributed by atoms with Gasteiger partial charge in [-0.25, -0.2) is 0 Å². The van der Waals surface area contributed by atoms with E-state index in [4.69, 9.17) is 11.6 Å². The Labute approximate surface area is 122 Å². The van der Waals surface area contributed by atoms with Crippen LogP contribution in [-0.2, 0) is 0 Å². The second-order valence-corrected chi connectivity index (χ2v) is 6.40. The van der Waals surface area contributed by atoms with Crippen molar-refractivity contribution in [2.75, 3.05) is 0 Å². The molecule has 2 rings (SSSR count). The van der Waals surface area contributed by atoms with E-state index >= 15 is 0 Å². The zero-order chi connectivity index (χ0) is 14.0. The maximum Gasteiger partial charge on any atom is 0.294 e. The summed E-state index contributed by atoms with van der Waals surface area (Å²) in [6.45, 7) is 1.39. The molecule has 4 nitrogen and oxygen atoms in total. The highest BCUT2D eigenvalue weighted by Gasteiger charge is 2.22. The number of ketones is 1. The molecule has 7 heteroatoms. The summed E-state index contributed by atoms with van der Waals surface area (Å²) in [5.41, 5.74) is -0.0554. The SMILES string of the molecule is CC(=O)c1cc([N+](=O)[O-])c(Sc2ccccc2Cl)s1. The predicted octanol–water partition coefficient (Wildman–Crippen LogP) is 4.66. The molecular weight excluding hydrogens is 306 g/mol. The van der Waals surface area contributed by atoms with Crippen LogP contribution in [0, 0.1) is 10.1 Å². The van der Waals surface area contributed by atoms with Crippen molar-refractivity contribution >= 4 is 46.2 Å². The van der Waals surface area contributed by atoms with Crippen LogP contribution < -0.4 is 0 Å². The Balaban J connectivity index is 2.42. The summed E-state index contributed by atoms with van der Waals surface area (Å²) >= 11 is 8.34. The highest BCUT2D eigenvalue weighted by molar-refractivity contribution is 8.01. The van der Waals surface area contributed by atoms with Crippen molar-refractivity contribution in [2.45, 2.75) is 16.0 Å². The zero-order valence-electron chi connectivity index (χ0n) is 9.75. The highest BCUT2D eigenvalue weighted by atomic mass is 35.5. The van der Waals surface area contributed by atoms with E-state index in [1.165, 1.54) is 24.8 Å². The molecule has 0 fully saturated rings. The molecule has 1 aromatic heterocycles. The molecule has 0 unspecified atom stereocenters. The first kappa shape index (κ1) is 14.0. The van der Waals surface area contributed by atoms with Gasteiger partial charge in [-0.15, -0.1) is 11.3 Å². The van der Waals surface area contributed by atoms with Gasteiger partial charge in [0, 0.05) is 11.0 Å². The fraction of sp³-hybridized carbons (Fsp3) is 0.0833. The number of benzene rings is 1. The van der Waals surface area contributed by atoms with Crippen LogP contribution >= 0.6 is 34.7 Å². The average Bonchev–Trinajstić information content (AvgIpc) is 2.76. The molecule has 0 aliphatic rings. The van der Waals surface area contributed by atoms with E-state index in [2.05, 4.69) is 0 Å². The molecule has 1 heterocycles. The van der Waals surface area contributed by atoms with Gasteiger partial charge in [0.25, 0.3) is 5.69 Å². The second kappa shape index (κ2) is 5.73. The Morgan fingerprint density at radius 1 is 1.42 bits per heavy atom. The Hall–Kier alpha value is -1.37. The molecule has 0 aliphatic heterocycles. The molecule has 0 N–H and O–H groups in total. The van der Waals surface area contributed by atoms with Crippen LogP contribution in [0.4, 0.5) is 5.69 Å². The number of nitrogens with zero attached hydrogens (tertiary/aromatic N) is 1. The van der Waals surface area contributed by atoms with E-state index in [9.17, 15) is 14.9 Å². The lowest BCUT2D eigenvalue weighted by molar-refractivity contribution is -0.387. The van der Waals surface area contributed by atoms with Crippen LogP contribution in [0.2, 0.25) is 5.02 Å². The van der Waals surface area contributed by atoms with Crippen LogP contribution in [0.1, 0.15) is 16.6 Å². The number of carbonyl (C=O) groups is 1. The average molecular weight is 314 g/mol. The molecular formula is C12H8ClNO3S2. The van der Waals surface area contributed by atoms with Crippen LogP contribution in [0.5, 0.6) is 0 Å². The van der Waals surface area contributed by atoms with Gasteiger partial charge < -0.3 is 0 Å². The summed E-state index contributed by atoms with van der Waals surface area (Å²) in [6.07, 6.45) is 0. The lowest BCUT2D eigenvalue weighted by Gasteiger charge is -2.00. The van der Waals surface area contributed by atoms with Crippen molar-refractivity contribution in [1.82, 2.24) is 0 Å². The minimum Gasteiger partial charge on any atom is -0.294 e. The first-order chi connectivity index (χ1) is 8.99. The van der Waals surface area contributed by atoms with E-state index in [1.54, 1.807) is 24.3 Å². The monoisotopic (exact) mass is 313 g/mol. The summed E-state index contributed by atoms with van der Waals surface area (Å²) in [7, 11) is 0. The van der Waals surface area contributed by atoms with Crippen molar-refractivity contribution < 1.29 is 9.72 Å². The smallest absolute Gasteiger partial charge is 0.294 e. The third kappa shape index (κ3) is 3.15. The van der Waals surface area contributed by atoms with E-state index in [-0.39, 0.29) is 11.5 Å². The number of rotatable bonds is 4. The molecule has 0 bridgehead atoms. The second-order valence-electron chi connectivity index (χ2n) is 3.63. The van der Waals surface area contributed by atoms with Gasteiger partial charge >= 0.3 is 0 Å². The van der Waals surface area contributed by atoms with E-state index in [0.29, 0.717) is 14.1 Å². The van der Waals surface area contributed by atoms with Gasteiger partial charge in [-0.3, -0.25) is 14.9 Å². The fourth-order valence-electron chi connectivity index (χ4n) is 1.37. The van der Waals surface area contributed by atoms with Crippen molar-refractivity contribution in [3.8, 4) is 0 Å². The third-order valence-corrected chi connectivity index (χ3v) is 5.19. The highest BCUT2D eigenvalue weighted by Crippen LogP contribution is 2.43. The fourth-order valence-corrected chi connectivity index (χ4v) is 3.82. The zero-order valence-corrected chi connectivity index (χ0v) is 12.1. The molecule has 0 saturated carbocycles. The molecule has 0 spiro atoms. The minimum absolute atomic E-state index is 0.0554. The normalized spacial score (nSPS) is 10.4. The molecule has 0 aliphatic carbocycles. The first-order valence-electron chi connectivity index (χ1n) is 5.20. The number of Topliss-reactive ketones (excluding diaryl/α,β-unsaturated/α-hetero) is 1. The number of nitro groups is 1. The Morgan fingerprint density at radius 3 is 2.68 bits per heavy atom. The Morgan fingerprint density at radius 2 is 2.11 bits per heavy atom. The number of hydrogen-bond acceptors (Lipinski definition) is 5. The Bertz CT molecular complexity index is 654. The van der Waals surface area contributed by atoms with E-state index in [0.717, 1.165) is 16.2 Å². The standard InChI is InChI=1S/C12H8ClNO3S2/c1-7(15)11-6-9(14(16)17)12(19-11)18-10-5-3-2-4-8(10)13/h2-6H,1H3. The molecule has 1 aromatic carbocycles. The number of thiophene rings is 1. The number of hydrogen-bond donors (Lipinski definition) is 0. The predicted molar refractivity (Wildman–Crippen MR) is 76.6 cm³/mol. The van der Waals surface area contributed by atoms with Gasteiger partial charge in [0.1, 0.15) is 4.21 Å². The molecule has 0 radical (unpaired) electrons. The largest absolute Gasteiger partial charge is 0.294 e. The minimum atomic E-state index is -0.484. The Kier molecular flexibility index (Phi) is 4.24. The first-order valence-corrected chi connectivity index (χ1v) is 7.21. The van der Waals surface area contributed by atoms with Gasteiger partial charge in [-0.2, -0.15) is 0 Å². The number of halogens is 1. The molecule has 0 atom stereocenters. The molecule has 2 aromatic rings.